The maximum atomic E-state index is 9.08. The molecular formula is C10H18N2O4. The predicted octanol–water partition coefficient (Wildman–Crippen LogP) is -0.903. The maximum absolute atomic E-state index is 9.08. The van der Waals surface area contributed by atoms with Gasteiger partial charge in [-0.1, -0.05) is 0 Å². The van der Waals surface area contributed by atoms with Crippen molar-refractivity contribution < 1.29 is 19.7 Å². The van der Waals surface area contributed by atoms with Gasteiger partial charge in [-0.05, 0) is 13.8 Å². The molecular weight excluding hydrogens is 212 g/mol. The van der Waals surface area contributed by atoms with Crippen LogP contribution in [0.5, 0.6) is 0 Å². The van der Waals surface area contributed by atoms with Crippen LogP contribution in [-0.2, 0) is 6.54 Å². The summed E-state index contributed by atoms with van der Waals surface area (Å²) in [6.07, 6.45) is 0. The average Bonchev–Trinajstić information content (AvgIpc) is 2.61. The summed E-state index contributed by atoms with van der Waals surface area (Å²) in [7, 11) is 0. The summed E-state index contributed by atoms with van der Waals surface area (Å²) in [4.78, 5) is 4.14. The molecule has 0 aliphatic rings. The lowest BCUT2D eigenvalue weighted by Crippen LogP contribution is -2.54. The summed E-state index contributed by atoms with van der Waals surface area (Å²) < 4.78 is 5.32. The van der Waals surface area contributed by atoms with Gasteiger partial charge in [0.1, 0.15) is 5.76 Å². The number of nitrogens with zero attached hydrogens (tertiary/aromatic N) is 1. The van der Waals surface area contributed by atoms with E-state index in [9.17, 15) is 0 Å². The van der Waals surface area contributed by atoms with E-state index in [4.69, 9.17) is 19.7 Å². The van der Waals surface area contributed by atoms with E-state index in [2.05, 4.69) is 10.3 Å². The highest BCUT2D eigenvalue weighted by atomic mass is 16.4. The highest BCUT2D eigenvalue weighted by molar-refractivity contribution is 5.05. The van der Waals surface area contributed by atoms with Crippen LogP contribution in [0.2, 0.25) is 0 Å². The van der Waals surface area contributed by atoms with Gasteiger partial charge in [0.15, 0.2) is 0 Å². The molecule has 0 unspecified atom stereocenters. The molecule has 0 aliphatic heterocycles. The fourth-order valence-electron chi connectivity index (χ4n) is 1.20. The standard InChI is InChI=1S/C10H18N2O4/c1-7-8(2)16-9(12-7)3-11-10(4-13,5-14)6-15/h11,13-15H,3-6H2,1-2H3. The quantitative estimate of drug-likeness (QED) is 0.505. The van der Waals surface area contributed by atoms with Crippen LogP contribution < -0.4 is 5.32 Å². The molecule has 1 aromatic heterocycles. The van der Waals surface area contributed by atoms with Gasteiger partial charge in [0, 0.05) is 0 Å². The molecule has 0 amide bonds. The molecule has 0 radical (unpaired) electrons. The third-order valence-corrected chi connectivity index (χ3v) is 2.60. The lowest BCUT2D eigenvalue weighted by atomic mass is 10.0. The average molecular weight is 230 g/mol. The van der Waals surface area contributed by atoms with E-state index in [0.29, 0.717) is 5.89 Å². The third-order valence-electron chi connectivity index (χ3n) is 2.60. The zero-order valence-electron chi connectivity index (χ0n) is 9.53. The van der Waals surface area contributed by atoms with Crippen LogP contribution >= 0.6 is 0 Å². The Morgan fingerprint density at radius 1 is 1.19 bits per heavy atom. The number of aliphatic hydroxyl groups is 3. The molecule has 1 heterocycles. The molecule has 92 valence electrons. The van der Waals surface area contributed by atoms with Crippen molar-refractivity contribution in [2.24, 2.45) is 0 Å². The van der Waals surface area contributed by atoms with Crippen molar-refractivity contribution in [3.8, 4) is 0 Å². The van der Waals surface area contributed by atoms with Crippen LogP contribution in [-0.4, -0.2) is 45.7 Å². The molecule has 4 N–H and O–H groups in total. The zero-order valence-corrected chi connectivity index (χ0v) is 9.53. The number of aryl methyl sites for hydroxylation is 2. The lowest BCUT2D eigenvalue weighted by molar-refractivity contribution is 0.0398. The number of aliphatic hydroxyl groups excluding tert-OH is 3. The van der Waals surface area contributed by atoms with Crippen LogP contribution in [0.3, 0.4) is 0 Å². The van der Waals surface area contributed by atoms with Crippen LogP contribution in [0.1, 0.15) is 17.3 Å². The number of hydrogen-bond acceptors (Lipinski definition) is 6. The van der Waals surface area contributed by atoms with Crippen LogP contribution in [0.25, 0.3) is 0 Å². The minimum Gasteiger partial charge on any atom is -0.444 e. The van der Waals surface area contributed by atoms with Crippen LogP contribution in [0.15, 0.2) is 4.42 Å². The third kappa shape index (κ3) is 2.79. The molecule has 1 rings (SSSR count). The van der Waals surface area contributed by atoms with Gasteiger partial charge in [0.05, 0.1) is 37.6 Å². The second-order valence-corrected chi connectivity index (χ2v) is 3.86. The maximum Gasteiger partial charge on any atom is 0.208 e. The first kappa shape index (κ1) is 13.1. The van der Waals surface area contributed by atoms with Gasteiger partial charge in [0.25, 0.3) is 0 Å². The monoisotopic (exact) mass is 230 g/mol. The van der Waals surface area contributed by atoms with E-state index in [1.807, 2.05) is 13.8 Å². The Kier molecular flexibility index (Phi) is 4.43. The predicted molar refractivity (Wildman–Crippen MR) is 56.8 cm³/mol. The normalized spacial score (nSPS) is 12.1. The first-order valence-corrected chi connectivity index (χ1v) is 5.07. The summed E-state index contributed by atoms with van der Waals surface area (Å²) in [6, 6.07) is 0. The molecule has 0 saturated carbocycles. The molecule has 6 nitrogen and oxygen atoms in total. The Bertz CT molecular complexity index is 306. The Hall–Kier alpha value is -0.950. The van der Waals surface area contributed by atoms with Gasteiger partial charge in [-0.2, -0.15) is 0 Å². The Morgan fingerprint density at radius 3 is 2.12 bits per heavy atom. The molecule has 0 aromatic carbocycles. The van der Waals surface area contributed by atoms with Crippen molar-refractivity contribution in [2.75, 3.05) is 19.8 Å². The van der Waals surface area contributed by atoms with Crippen molar-refractivity contribution in [3.63, 3.8) is 0 Å². The number of hydrogen-bond donors (Lipinski definition) is 4. The topological polar surface area (TPSA) is 98.8 Å². The van der Waals surface area contributed by atoms with Gasteiger partial charge in [-0.15, -0.1) is 0 Å². The number of nitrogens with one attached hydrogen (secondary N) is 1. The first-order valence-electron chi connectivity index (χ1n) is 5.07. The summed E-state index contributed by atoms with van der Waals surface area (Å²) in [5.41, 5.74) is -0.296. The Balaban J connectivity index is 2.62. The fraction of sp³-hybridized carbons (Fsp3) is 0.700. The van der Waals surface area contributed by atoms with Gasteiger partial charge in [-0.3, -0.25) is 5.32 Å². The van der Waals surface area contributed by atoms with E-state index in [1.165, 1.54) is 0 Å². The molecule has 0 atom stereocenters. The Morgan fingerprint density at radius 2 is 1.75 bits per heavy atom. The van der Waals surface area contributed by atoms with Crippen molar-refractivity contribution in [2.45, 2.75) is 25.9 Å². The molecule has 16 heavy (non-hydrogen) atoms. The number of aromatic nitrogens is 1. The Labute approximate surface area is 93.9 Å². The van der Waals surface area contributed by atoms with Gasteiger partial charge >= 0.3 is 0 Å². The lowest BCUT2D eigenvalue weighted by Gasteiger charge is -2.28. The van der Waals surface area contributed by atoms with E-state index in [0.717, 1.165) is 11.5 Å². The summed E-state index contributed by atoms with van der Waals surface area (Å²) in [5.74, 6) is 1.20. The first-order chi connectivity index (χ1) is 7.56. The smallest absolute Gasteiger partial charge is 0.208 e. The summed E-state index contributed by atoms with van der Waals surface area (Å²) in [5, 5.41) is 30.1. The SMILES string of the molecule is Cc1nc(CNC(CO)(CO)CO)oc1C. The molecule has 0 bridgehead atoms. The van der Waals surface area contributed by atoms with Crippen molar-refractivity contribution in [1.82, 2.24) is 10.3 Å². The van der Waals surface area contributed by atoms with Crippen molar-refractivity contribution >= 4 is 0 Å². The van der Waals surface area contributed by atoms with Crippen LogP contribution in [0.4, 0.5) is 0 Å². The van der Waals surface area contributed by atoms with Crippen LogP contribution in [0, 0.1) is 13.8 Å². The zero-order chi connectivity index (χ0) is 12.2. The van der Waals surface area contributed by atoms with Gasteiger partial charge in [0.2, 0.25) is 5.89 Å². The second-order valence-electron chi connectivity index (χ2n) is 3.86. The summed E-state index contributed by atoms with van der Waals surface area (Å²) in [6.45, 7) is 2.80. The van der Waals surface area contributed by atoms with Crippen molar-refractivity contribution in [3.05, 3.63) is 17.3 Å². The second kappa shape index (κ2) is 5.40. The van der Waals surface area contributed by atoms with E-state index in [1.54, 1.807) is 0 Å². The van der Waals surface area contributed by atoms with E-state index < -0.39 is 5.54 Å². The fourth-order valence-corrected chi connectivity index (χ4v) is 1.20. The molecule has 0 fully saturated rings. The van der Waals surface area contributed by atoms with Crippen molar-refractivity contribution in [1.29, 1.82) is 0 Å². The van der Waals surface area contributed by atoms with E-state index >= 15 is 0 Å². The van der Waals surface area contributed by atoms with Gasteiger partial charge in [-0.25, -0.2) is 4.98 Å². The molecule has 1 aromatic rings. The number of rotatable bonds is 6. The number of oxazole rings is 1. The molecule has 0 saturated heterocycles. The highest BCUT2D eigenvalue weighted by Crippen LogP contribution is 2.10. The summed E-state index contributed by atoms with van der Waals surface area (Å²) >= 11 is 0. The molecule has 0 aliphatic carbocycles. The molecule has 6 heteroatoms. The highest BCUT2D eigenvalue weighted by Gasteiger charge is 2.27. The minimum absolute atomic E-state index is 0.246. The van der Waals surface area contributed by atoms with E-state index in [-0.39, 0.29) is 26.4 Å². The largest absolute Gasteiger partial charge is 0.444 e. The minimum atomic E-state index is -1.10. The molecule has 0 spiro atoms. The van der Waals surface area contributed by atoms with Gasteiger partial charge < -0.3 is 19.7 Å².